The number of carbonyl (C=O) groups is 2. The Morgan fingerprint density at radius 1 is 1.20 bits per heavy atom. The number of Topliss-reactive ketones (excluding diaryl/α,β-unsaturated/α-hetero) is 1. The molecular formula is C16H22O4. The lowest BCUT2D eigenvalue weighted by Crippen LogP contribution is -2.09. The molecule has 0 saturated carbocycles. The zero-order chi connectivity index (χ0) is 15.0. The van der Waals surface area contributed by atoms with E-state index in [-0.39, 0.29) is 24.6 Å². The lowest BCUT2D eigenvalue weighted by Gasteiger charge is -2.07. The van der Waals surface area contributed by atoms with Gasteiger partial charge in [0.2, 0.25) is 0 Å². The van der Waals surface area contributed by atoms with E-state index in [0.29, 0.717) is 12.2 Å². The second-order valence-electron chi connectivity index (χ2n) is 4.68. The van der Waals surface area contributed by atoms with Crippen molar-refractivity contribution >= 4 is 11.8 Å². The van der Waals surface area contributed by atoms with Gasteiger partial charge in [0.1, 0.15) is 5.75 Å². The van der Waals surface area contributed by atoms with Crippen LogP contribution in [0.15, 0.2) is 18.2 Å². The van der Waals surface area contributed by atoms with Crippen LogP contribution >= 0.6 is 0 Å². The SMILES string of the molecule is CCCCOC(=O)CCC(=O)c1ccc(OC)c(C)c1. The average Bonchev–Trinajstić information content (AvgIpc) is 2.45. The molecule has 0 aromatic heterocycles. The number of ketones is 1. The molecule has 0 radical (unpaired) electrons. The van der Waals surface area contributed by atoms with Crippen LogP contribution in [-0.2, 0) is 9.53 Å². The van der Waals surface area contributed by atoms with Crippen LogP contribution in [0.1, 0.15) is 48.5 Å². The Labute approximate surface area is 120 Å². The van der Waals surface area contributed by atoms with Crippen molar-refractivity contribution in [3.8, 4) is 5.75 Å². The highest BCUT2D eigenvalue weighted by Gasteiger charge is 2.11. The van der Waals surface area contributed by atoms with Gasteiger partial charge in [-0.25, -0.2) is 0 Å². The standard InChI is InChI=1S/C16H22O4/c1-4-5-10-20-16(18)9-7-14(17)13-6-8-15(19-3)12(2)11-13/h6,8,11H,4-5,7,9-10H2,1-3H3. The fourth-order valence-corrected chi connectivity index (χ4v) is 1.81. The maximum atomic E-state index is 12.0. The molecule has 1 aromatic carbocycles. The van der Waals surface area contributed by atoms with Gasteiger partial charge in [-0.2, -0.15) is 0 Å². The van der Waals surface area contributed by atoms with Gasteiger partial charge < -0.3 is 9.47 Å². The quantitative estimate of drug-likeness (QED) is 0.416. The third kappa shape index (κ3) is 5.03. The highest BCUT2D eigenvalue weighted by atomic mass is 16.5. The molecular weight excluding hydrogens is 256 g/mol. The topological polar surface area (TPSA) is 52.6 Å². The van der Waals surface area contributed by atoms with Crippen molar-refractivity contribution in [3.63, 3.8) is 0 Å². The van der Waals surface area contributed by atoms with Crippen LogP contribution in [0.25, 0.3) is 0 Å². The van der Waals surface area contributed by atoms with Gasteiger partial charge in [-0.05, 0) is 37.1 Å². The van der Waals surface area contributed by atoms with Crippen LogP contribution in [0.4, 0.5) is 0 Å². The predicted octanol–water partition coefficient (Wildman–Crippen LogP) is 3.31. The van der Waals surface area contributed by atoms with E-state index in [4.69, 9.17) is 9.47 Å². The van der Waals surface area contributed by atoms with Gasteiger partial charge in [0.15, 0.2) is 5.78 Å². The maximum absolute atomic E-state index is 12.0. The molecule has 1 aromatic rings. The van der Waals surface area contributed by atoms with Crippen LogP contribution in [0.5, 0.6) is 5.75 Å². The Kier molecular flexibility index (Phi) is 6.77. The number of aryl methyl sites for hydroxylation is 1. The molecule has 0 aliphatic heterocycles. The Hall–Kier alpha value is -1.84. The Morgan fingerprint density at radius 2 is 1.95 bits per heavy atom. The number of esters is 1. The van der Waals surface area contributed by atoms with Crippen molar-refractivity contribution in [2.24, 2.45) is 0 Å². The van der Waals surface area contributed by atoms with Gasteiger partial charge in [-0.15, -0.1) is 0 Å². The number of unbranched alkanes of at least 4 members (excludes halogenated alkanes) is 1. The maximum Gasteiger partial charge on any atom is 0.306 e. The molecule has 0 heterocycles. The van der Waals surface area contributed by atoms with Gasteiger partial charge in [0.05, 0.1) is 20.1 Å². The summed E-state index contributed by atoms with van der Waals surface area (Å²) in [5, 5.41) is 0. The molecule has 0 bridgehead atoms. The molecule has 20 heavy (non-hydrogen) atoms. The number of methoxy groups -OCH3 is 1. The van der Waals surface area contributed by atoms with Gasteiger partial charge in [-0.1, -0.05) is 13.3 Å². The molecule has 4 heteroatoms. The minimum absolute atomic E-state index is 0.0526. The fourth-order valence-electron chi connectivity index (χ4n) is 1.81. The molecule has 0 amide bonds. The summed E-state index contributed by atoms with van der Waals surface area (Å²) in [6, 6.07) is 5.27. The number of ether oxygens (including phenoxy) is 2. The highest BCUT2D eigenvalue weighted by Crippen LogP contribution is 2.19. The Morgan fingerprint density at radius 3 is 2.55 bits per heavy atom. The first kappa shape index (κ1) is 16.2. The van der Waals surface area contributed by atoms with E-state index in [2.05, 4.69) is 0 Å². The minimum Gasteiger partial charge on any atom is -0.496 e. The summed E-state index contributed by atoms with van der Waals surface area (Å²) in [6.07, 6.45) is 2.15. The Bertz CT molecular complexity index is 466. The van der Waals surface area contributed by atoms with Crippen LogP contribution in [0.3, 0.4) is 0 Å². The Balaban J connectivity index is 2.46. The van der Waals surface area contributed by atoms with Crippen LogP contribution in [-0.4, -0.2) is 25.5 Å². The van der Waals surface area contributed by atoms with E-state index in [1.807, 2.05) is 13.8 Å². The lowest BCUT2D eigenvalue weighted by atomic mass is 10.0. The van der Waals surface area contributed by atoms with Gasteiger partial charge in [-0.3, -0.25) is 9.59 Å². The van der Waals surface area contributed by atoms with Crippen molar-refractivity contribution in [2.75, 3.05) is 13.7 Å². The average molecular weight is 278 g/mol. The molecule has 0 saturated heterocycles. The zero-order valence-electron chi connectivity index (χ0n) is 12.4. The molecule has 0 spiro atoms. The van der Waals surface area contributed by atoms with Crippen LogP contribution in [0, 0.1) is 6.92 Å². The van der Waals surface area contributed by atoms with Crippen molar-refractivity contribution in [1.82, 2.24) is 0 Å². The summed E-state index contributed by atoms with van der Waals surface area (Å²) in [7, 11) is 1.59. The zero-order valence-corrected chi connectivity index (χ0v) is 12.4. The lowest BCUT2D eigenvalue weighted by molar-refractivity contribution is -0.143. The van der Waals surface area contributed by atoms with Crippen molar-refractivity contribution in [1.29, 1.82) is 0 Å². The number of carbonyl (C=O) groups excluding carboxylic acids is 2. The second-order valence-corrected chi connectivity index (χ2v) is 4.68. The van der Waals surface area contributed by atoms with E-state index < -0.39 is 0 Å². The van der Waals surface area contributed by atoms with Crippen molar-refractivity contribution in [2.45, 2.75) is 39.5 Å². The number of hydrogen-bond acceptors (Lipinski definition) is 4. The molecule has 0 aliphatic rings. The summed E-state index contributed by atoms with van der Waals surface area (Å²) in [5.74, 6) is 0.390. The monoisotopic (exact) mass is 278 g/mol. The predicted molar refractivity (Wildman–Crippen MR) is 77.2 cm³/mol. The second kappa shape index (κ2) is 8.35. The summed E-state index contributed by atoms with van der Waals surface area (Å²) >= 11 is 0. The number of rotatable bonds is 8. The van der Waals surface area contributed by atoms with E-state index in [9.17, 15) is 9.59 Å². The third-order valence-corrected chi connectivity index (χ3v) is 3.03. The van der Waals surface area contributed by atoms with Gasteiger partial charge in [0, 0.05) is 12.0 Å². The molecule has 110 valence electrons. The summed E-state index contributed by atoms with van der Waals surface area (Å²) in [6.45, 7) is 4.35. The van der Waals surface area contributed by atoms with E-state index in [0.717, 1.165) is 24.2 Å². The molecule has 4 nitrogen and oxygen atoms in total. The first-order chi connectivity index (χ1) is 9.58. The normalized spacial score (nSPS) is 10.2. The van der Waals surface area contributed by atoms with Gasteiger partial charge >= 0.3 is 5.97 Å². The summed E-state index contributed by atoms with van der Waals surface area (Å²) in [4.78, 5) is 23.4. The molecule has 0 unspecified atom stereocenters. The molecule has 0 atom stereocenters. The number of hydrogen-bond donors (Lipinski definition) is 0. The summed E-state index contributed by atoms with van der Waals surface area (Å²) in [5.41, 5.74) is 1.51. The first-order valence-electron chi connectivity index (χ1n) is 6.92. The minimum atomic E-state index is -0.308. The first-order valence-corrected chi connectivity index (χ1v) is 6.92. The van der Waals surface area contributed by atoms with E-state index in [1.165, 1.54) is 0 Å². The largest absolute Gasteiger partial charge is 0.496 e. The van der Waals surface area contributed by atoms with Crippen LogP contribution < -0.4 is 4.74 Å². The third-order valence-electron chi connectivity index (χ3n) is 3.03. The van der Waals surface area contributed by atoms with Gasteiger partial charge in [0.25, 0.3) is 0 Å². The molecule has 1 rings (SSSR count). The van der Waals surface area contributed by atoms with E-state index >= 15 is 0 Å². The van der Waals surface area contributed by atoms with E-state index in [1.54, 1.807) is 25.3 Å². The van der Waals surface area contributed by atoms with Crippen LogP contribution in [0.2, 0.25) is 0 Å². The summed E-state index contributed by atoms with van der Waals surface area (Å²) < 4.78 is 10.2. The van der Waals surface area contributed by atoms with Crippen molar-refractivity contribution in [3.05, 3.63) is 29.3 Å². The van der Waals surface area contributed by atoms with Crippen molar-refractivity contribution < 1.29 is 19.1 Å². The fraction of sp³-hybridized carbons (Fsp3) is 0.500. The molecule has 0 aliphatic carbocycles. The highest BCUT2D eigenvalue weighted by molar-refractivity contribution is 5.97. The smallest absolute Gasteiger partial charge is 0.306 e. The molecule has 0 N–H and O–H groups in total. The molecule has 0 fully saturated rings. The number of benzene rings is 1.